The van der Waals surface area contributed by atoms with Gasteiger partial charge in [-0.1, -0.05) is 32.3 Å². The highest BCUT2D eigenvalue weighted by Gasteiger charge is 2.45. The van der Waals surface area contributed by atoms with Gasteiger partial charge in [-0.25, -0.2) is 4.79 Å². The van der Waals surface area contributed by atoms with Gasteiger partial charge in [-0.2, -0.15) is 0 Å². The van der Waals surface area contributed by atoms with Crippen LogP contribution in [-0.4, -0.2) is 11.1 Å². The van der Waals surface area contributed by atoms with Gasteiger partial charge in [0.05, 0.1) is 0 Å². The summed E-state index contributed by atoms with van der Waals surface area (Å²) in [7, 11) is 0. The van der Waals surface area contributed by atoms with E-state index in [0.29, 0.717) is 5.41 Å². The number of allylic oxidation sites excluding steroid dienone is 1. The summed E-state index contributed by atoms with van der Waals surface area (Å²) in [5, 5.41) is 9.25. The normalized spacial score (nSPS) is 36.2. The molecule has 2 saturated carbocycles. The molecule has 2 aliphatic rings. The molecule has 0 radical (unpaired) electrons. The van der Waals surface area contributed by atoms with Crippen molar-refractivity contribution in [1.29, 1.82) is 0 Å². The summed E-state index contributed by atoms with van der Waals surface area (Å²) in [6.07, 6.45) is 7.71. The first-order valence-electron chi connectivity index (χ1n) is 6.51. The highest BCUT2D eigenvalue weighted by Crippen LogP contribution is 2.56. The summed E-state index contributed by atoms with van der Waals surface area (Å²) in [4.78, 5) is 11.2. The van der Waals surface area contributed by atoms with Crippen LogP contribution in [0, 0.1) is 11.3 Å². The first-order valence-corrected chi connectivity index (χ1v) is 6.51. The SMILES string of the molecule is CCCC(C(=O)O)=C1CC2CCCC2(C)C1. The van der Waals surface area contributed by atoms with Crippen molar-refractivity contribution >= 4 is 5.97 Å². The summed E-state index contributed by atoms with van der Waals surface area (Å²) >= 11 is 0. The van der Waals surface area contributed by atoms with Crippen LogP contribution in [0.1, 0.15) is 58.8 Å². The molecule has 0 heterocycles. The van der Waals surface area contributed by atoms with Gasteiger partial charge < -0.3 is 5.11 Å². The predicted octanol–water partition coefficient (Wildman–Crippen LogP) is 3.77. The molecule has 2 rings (SSSR count). The van der Waals surface area contributed by atoms with Crippen molar-refractivity contribution in [2.24, 2.45) is 11.3 Å². The van der Waals surface area contributed by atoms with Crippen LogP contribution >= 0.6 is 0 Å². The van der Waals surface area contributed by atoms with Gasteiger partial charge in [-0.15, -0.1) is 0 Å². The van der Waals surface area contributed by atoms with E-state index in [1.807, 2.05) is 0 Å². The van der Waals surface area contributed by atoms with Gasteiger partial charge in [0.25, 0.3) is 0 Å². The van der Waals surface area contributed by atoms with Gasteiger partial charge in [-0.05, 0) is 43.4 Å². The molecule has 2 aliphatic carbocycles. The van der Waals surface area contributed by atoms with Crippen molar-refractivity contribution in [2.45, 2.75) is 58.8 Å². The number of carboxylic acid groups (broad SMARTS) is 1. The quantitative estimate of drug-likeness (QED) is 0.738. The van der Waals surface area contributed by atoms with Crippen LogP contribution in [-0.2, 0) is 4.79 Å². The van der Waals surface area contributed by atoms with Gasteiger partial charge in [0.1, 0.15) is 0 Å². The molecule has 2 nitrogen and oxygen atoms in total. The Morgan fingerprint density at radius 2 is 2.31 bits per heavy atom. The van der Waals surface area contributed by atoms with Crippen molar-refractivity contribution in [1.82, 2.24) is 0 Å². The molecule has 90 valence electrons. The molecule has 2 heteroatoms. The van der Waals surface area contributed by atoms with Crippen molar-refractivity contribution in [3.8, 4) is 0 Å². The third-order valence-corrected chi connectivity index (χ3v) is 4.58. The highest BCUT2D eigenvalue weighted by atomic mass is 16.4. The van der Waals surface area contributed by atoms with Crippen molar-refractivity contribution in [2.75, 3.05) is 0 Å². The van der Waals surface area contributed by atoms with Gasteiger partial charge >= 0.3 is 5.97 Å². The minimum Gasteiger partial charge on any atom is -0.478 e. The second kappa shape index (κ2) is 4.23. The lowest BCUT2D eigenvalue weighted by molar-refractivity contribution is -0.132. The molecule has 0 spiro atoms. The van der Waals surface area contributed by atoms with Gasteiger partial charge in [-0.3, -0.25) is 0 Å². The minimum atomic E-state index is -0.680. The molecule has 0 bridgehead atoms. The number of rotatable bonds is 3. The Labute approximate surface area is 97.7 Å². The minimum absolute atomic E-state index is 0.420. The Morgan fingerprint density at radius 3 is 2.88 bits per heavy atom. The fourth-order valence-corrected chi connectivity index (χ4v) is 3.66. The lowest BCUT2D eigenvalue weighted by atomic mass is 9.83. The molecule has 2 atom stereocenters. The summed E-state index contributed by atoms with van der Waals surface area (Å²) in [5.41, 5.74) is 2.39. The van der Waals surface area contributed by atoms with Crippen molar-refractivity contribution < 1.29 is 9.90 Å². The maximum absolute atomic E-state index is 11.2. The molecule has 0 amide bonds. The maximum Gasteiger partial charge on any atom is 0.331 e. The summed E-state index contributed by atoms with van der Waals surface area (Å²) in [5.74, 6) is 0.0779. The van der Waals surface area contributed by atoms with E-state index in [2.05, 4.69) is 13.8 Å². The van der Waals surface area contributed by atoms with Crippen LogP contribution in [0.2, 0.25) is 0 Å². The summed E-state index contributed by atoms with van der Waals surface area (Å²) in [6.45, 7) is 4.41. The summed E-state index contributed by atoms with van der Waals surface area (Å²) in [6, 6.07) is 0. The number of hydrogen-bond donors (Lipinski definition) is 1. The van der Waals surface area contributed by atoms with Gasteiger partial charge in [0.15, 0.2) is 0 Å². The maximum atomic E-state index is 11.2. The smallest absolute Gasteiger partial charge is 0.331 e. The molecule has 0 aromatic rings. The molecule has 1 N–H and O–H groups in total. The van der Waals surface area contributed by atoms with Crippen LogP contribution < -0.4 is 0 Å². The first kappa shape index (κ1) is 11.7. The van der Waals surface area contributed by atoms with E-state index in [4.69, 9.17) is 0 Å². The molecule has 0 aromatic heterocycles. The number of carbonyl (C=O) groups is 1. The van der Waals surface area contributed by atoms with E-state index < -0.39 is 5.97 Å². The standard InChI is InChI=1S/C14H22O2/c1-3-5-12(13(15)16)10-8-11-6-4-7-14(11,2)9-10/h11H,3-9H2,1-2H3,(H,15,16). The van der Waals surface area contributed by atoms with E-state index in [1.165, 1.54) is 24.8 Å². The molecule has 2 fully saturated rings. The highest BCUT2D eigenvalue weighted by molar-refractivity contribution is 5.87. The predicted molar refractivity (Wildman–Crippen MR) is 64.3 cm³/mol. The van der Waals surface area contributed by atoms with E-state index in [-0.39, 0.29) is 0 Å². The molecular formula is C14H22O2. The number of aliphatic carboxylic acids is 1. The topological polar surface area (TPSA) is 37.3 Å². The zero-order valence-electron chi connectivity index (χ0n) is 10.4. The number of hydrogen-bond acceptors (Lipinski definition) is 1. The molecule has 16 heavy (non-hydrogen) atoms. The van der Waals surface area contributed by atoms with Crippen LogP contribution in [0.25, 0.3) is 0 Å². The lowest BCUT2D eigenvalue weighted by Gasteiger charge is -2.22. The van der Waals surface area contributed by atoms with E-state index in [0.717, 1.165) is 37.2 Å². The molecular weight excluding hydrogens is 200 g/mol. The zero-order valence-corrected chi connectivity index (χ0v) is 10.4. The number of carboxylic acids is 1. The Kier molecular flexibility index (Phi) is 3.09. The van der Waals surface area contributed by atoms with Crippen LogP contribution in [0.15, 0.2) is 11.1 Å². The first-order chi connectivity index (χ1) is 7.57. The molecule has 0 saturated heterocycles. The molecule has 0 aliphatic heterocycles. The second-order valence-electron chi connectivity index (χ2n) is 5.76. The lowest BCUT2D eigenvalue weighted by Crippen LogP contribution is -2.13. The Bertz CT molecular complexity index is 330. The van der Waals surface area contributed by atoms with Crippen molar-refractivity contribution in [3.63, 3.8) is 0 Å². The fourth-order valence-electron chi connectivity index (χ4n) is 3.66. The van der Waals surface area contributed by atoms with Gasteiger partial charge in [0, 0.05) is 5.57 Å². The molecule has 0 aromatic carbocycles. The largest absolute Gasteiger partial charge is 0.478 e. The number of fused-ring (bicyclic) bond motifs is 1. The monoisotopic (exact) mass is 222 g/mol. The van der Waals surface area contributed by atoms with E-state index in [9.17, 15) is 9.90 Å². The van der Waals surface area contributed by atoms with Crippen LogP contribution in [0.5, 0.6) is 0 Å². The third-order valence-electron chi connectivity index (χ3n) is 4.58. The van der Waals surface area contributed by atoms with Crippen molar-refractivity contribution in [3.05, 3.63) is 11.1 Å². The third kappa shape index (κ3) is 1.90. The van der Waals surface area contributed by atoms with Gasteiger partial charge in [0.2, 0.25) is 0 Å². The average Bonchev–Trinajstić information content (AvgIpc) is 2.68. The molecule has 2 unspecified atom stereocenters. The second-order valence-corrected chi connectivity index (χ2v) is 5.76. The average molecular weight is 222 g/mol. The Morgan fingerprint density at radius 1 is 1.56 bits per heavy atom. The Balaban J connectivity index is 2.22. The fraction of sp³-hybridized carbons (Fsp3) is 0.786. The van der Waals surface area contributed by atoms with E-state index >= 15 is 0 Å². The Hall–Kier alpha value is -0.790. The van der Waals surface area contributed by atoms with Crippen LogP contribution in [0.3, 0.4) is 0 Å². The summed E-state index contributed by atoms with van der Waals surface area (Å²) < 4.78 is 0. The van der Waals surface area contributed by atoms with Crippen LogP contribution in [0.4, 0.5) is 0 Å². The van der Waals surface area contributed by atoms with E-state index in [1.54, 1.807) is 0 Å². The zero-order chi connectivity index (χ0) is 11.8.